The van der Waals surface area contributed by atoms with Gasteiger partial charge in [-0.25, -0.2) is 4.39 Å². The van der Waals surface area contributed by atoms with Gasteiger partial charge < -0.3 is 10.6 Å². The number of aromatic nitrogens is 2. The van der Waals surface area contributed by atoms with E-state index in [4.69, 9.17) is 0 Å². The van der Waals surface area contributed by atoms with Crippen LogP contribution in [0.3, 0.4) is 0 Å². The van der Waals surface area contributed by atoms with Gasteiger partial charge in [0.2, 0.25) is 5.91 Å². The van der Waals surface area contributed by atoms with E-state index in [1.165, 1.54) is 6.07 Å². The Kier molecular flexibility index (Phi) is 5.19. The van der Waals surface area contributed by atoms with E-state index in [1.807, 2.05) is 6.92 Å². The maximum atomic E-state index is 13.9. The van der Waals surface area contributed by atoms with Crippen LogP contribution < -0.4 is 10.6 Å². The standard InChI is InChI=1S/C21H18BrFN4O2/c1-2-14-15-9-12(7-8-18(15)24-21(14)29)20(28)25-19-16(22)11-27(26-19)10-13-5-3-4-6-17(13)23/h3-9,11,14H,2,10H2,1H3,(H,24,29)(H,25,26,28). The number of hydrogen-bond donors (Lipinski definition) is 2. The van der Waals surface area contributed by atoms with Crippen LogP contribution in [-0.4, -0.2) is 21.6 Å². The number of fused-ring (bicyclic) bond motifs is 1. The van der Waals surface area contributed by atoms with Crippen molar-refractivity contribution < 1.29 is 14.0 Å². The highest BCUT2D eigenvalue weighted by atomic mass is 79.9. The van der Waals surface area contributed by atoms with Gasteiger partial charge in [-0.2, -0.15) is 5.10 Å². The summed E-state index contributed by atoms with van der Waals surface area (Å²) < 4.78 is 16.0. The number of amides is 2. The second-order valence-corrected chi connectivity index (χ2v) is 7.68. The zero-order valence-corrected chi connectivity index (χ0v) is 17.2. The Labute approximate surface area is 175 Å². The monoisotopic (exact) mass is 456 g/mol. The predicted molar refractivity (Wildman–Crippen MR) is 111 cm³/mol. The van der Waals surface area contributed by atoms with E-state index in [-0.39, 0.29) is 30.1 Å². The number of benzene rings is 2. The molecule has 1 unspecified atom stereocenters. The number of nitrogens with one attached hydrogen (secondary N) is 2. The molecule has 6 nitrogen and oxygen atoms in total. The molecule has 2 aromatic carbocycles. The zero-order chi connectivity index (χ0) is 20.5. The number of carbonyl (C=O) groups excluding carboxylic acids is 2. The molecule has 1 aliphatic rings. The van der Waals surface area contributed by atoms with Crippen LogP contribution in [0.1, 0.15) is 40.7 Å². The average Bonchev–Trinajstić information content (AvgIpc) is 3.20. The minimum absolute atomic E-state index is 0.0466. The van der Waals surface area contributed by atoms with Gasteiger partial charge in [0, 0.05) is 23.0 Å². The van der Waals surface area contributed by atoms with Crippen molar-refractivity contribution in [3.8, 4) is 0 Å². The lowest BCUT2D eigenvalue weighted by atomic mass is 9.96. The lowest BCUT2D eigenvalue weighted by molar-refractivity contribution is -0.117. The normalized spacial score (nSPS) is 15.1. The number of anilines is 2. The molecule has 0 aliphatic carbocycles. The Morgan fingerprint density at radius 2 is 2.10 bits per heavy atom. The van der Waals surface area contributed by atoms with Crippen molar-refractivity contribution >= 4 is 39.2 Å². The molecule has 0 saturated carbocycles. The van der Waals surface area contributed by atoms with Crippen LogP contribution in [0, 0.1) is 5.82 Å². The van der Waals surface area contributed by atoms with E-state index in [1.54, 1.807) is 47.3 Å². The SMILES string of the molecule is CCC1C(=O)Nc2ccc(C(=O)Nc3nn(Cc4ccccc4F)cc3Br)cc21. The quantitative estimate of drug-likeness (QED) is 0.591. The first-order chi connectivity index (χ1) is 14.0. The maximum absolute atomic E-state index is 13.9. The summed E-state index contributed by atoms with van der Waals surface area (Å²) in [4.78, 5) is 24.7. The summed E-state index contributed by atoms with van der Waals surface area (Å²) in [6, 6.07) is 11.6. The number of carbonyl (C=O) groups is 2. The largest absolute Gasteiger partial charge is 0.325 e. The second-order valence-electron chi connectivity index (χ2n) is 6.82. The van der Waals surface area contributed by atoms with E-state index in [0.717, 1.165) is 11.3 Å². The second kappa shape index (κ2) is 7.79. The fourth-order valence-corrected chi connectivity index (χ4v) is 3.83. The van der Waals surface area contributed by atoms with Crippen molar-refractivity contribution in [2.75, 3.05) is 10.6 Å². The van der Waals surface area contributed by atoms with Crippen LogP contribution in [-0.2, 0) is 11.3 Å². The first-order valence-electron chi connectivity index (χ1n) is 9.18. The van der Waals surface area contributed by atoms with Crippen molar-refractivity contribution in [1.82, 2.24) is 9.78 Å². The Morgan fingerprint density at radius 3 is 2.86 bits per heavy atom. The number of halogens is 2. The Hall–Kier alpha value is -3.00. The van der Waals surface area contributed by atoms with Gasteiger partial charge in [-0.15, -0.1) is 0 Å². The molecule has 1 aliphatic heterocycles. The third-order valence-electron chi connectivity index (χ3n) is 4.91. The lowest BCUT2D eigenvalue weighted by Gasteiger charge is -2.08. The molecule has 2 amide bonds. The van der Waals surface area contributed by atoms with E-state index < -0.39 is 0 Å². The van der Waals surface area contributed by atoms with E-state index in [2.05, 4.69) is 31.7 Å². The van der Waals surface area contributed by atoms with Gasteiger partial charge in [0.25, 0.3) is 5.91 Å². The topological polar surface area (TPSA) is 76.0 Å². The molecule has 29 heavy (non-hydrogen) atoms. The van der Waals surface area contributed by atoms with Gasteiger partial charge in [-0.1, -0.05) is 25.1 Å². The molecule has 1 aromatic heterocycles. The maximum Gasteiger partial charge on any atom is 0.256 e. The highest BCUT2D eigenvalue weighted by Gasteiger charge is 2.29. The predicted octanol–water partition coefficient (Wildman–Crippen LogP) is 4.53. The number of hydrogen-bond acceptors (Lipinski definition) is 3. The van der Waals surface area contributed by atoms with Crippen molar-refractivity contribution in [3.63, 3.8) is 0 Å². The molecular weight excluding hydrogens is 439 g/mol. The molecule has 0 saturated heterocycles. The third kappa shape index (κ3) is 3.80. The van der Waals surface area contributed by atoms with Crippen molar-refractivity contribution in [2.45, 2.75) is 25.8 Å². The summed E-state index contributed by atoms with van der Waals surface area (Å²) in [6.07, 6.45) is 2.34. The summed E-state index contributed by atoms with van der Waals surface area (Å²) in [5.41, 5.74) is 2.51. The van der Waals surface area contributed by atoms with Crippen LogP contribution in [0.25, 0.3) is 0 Å². The molecular formula is C21H18BrFN4O2. The summed E-state index contributed by atoms with van der Waals surface area (Å²) in [5.74, 6) is -0.595. The summed E-state index contributed by atoms with van der Waals surface area (Å²) in [7, 11) is 0. The highest BCUT2D eigenvalue weighted by Crippen LogP contribution is 2.35. The van der Waals surface area contributed by atoms with Crippen LogP contribution >= 0.6 is 15.9 Å². The van der Waals surface area contributed by atoms with E-state index in [9.17, 15) is 14.0 Å². The molecule has 3 aromatic rings. The lowest BCUT2D eigenvalue weighted by Crippen LogP contribution is -2.14. The molecule has 2 heterocycles. The Bertz CT molecular complexity index is 1110. The fourth-order valence-electron chi connectivity index (χ4n) is 3.42. The van der Waals surface area contributed by atoms with Crippen LogP contribution in [0.5, 0.6) is 0 Å². The van der Waals surface area contributed by atoms with Crippen molar-refractivity contribution in [3.05, 3.63) is 75.6 Å². The molecule has 4 rings (SSSR count). The molecule has 0 fully saturated rings. The van der Waals surface area contributed by atoms with Gasteiger partial charge >= 0.3 is 0 Å². The van der Waals surface area contributed by atoms with E-state index >= 15 is 0 Å². The van der Waals surface area contributed by atoms with Gasteiger partial charge in [-0.3, -0.25) is 14.3 Å². The summed E-state index contributed by atoms with van der Waals surface area (Å²) in [6.45, 7) is 2.18. The van der Waals surface area contributed by atoms with Gasteiger partial charge in [0.15, 0.2) is 5.82 Å². The van der Waals surface area contributed by atoms with Crippen LogP contribution in [0.15, 0.2) is 53.1 Å². The van der Waals surface area contributed by atoms with Gasteiger partial charge in [0.05, 0.1) is 16.9 Å². The van der Waals surface area contributed by atoms with Crippen molar-refractivity contribution in [2.24, 2.45) is 0 Å². The minimum Gasteiger partial charge on any atom is -0.325 e. The van der Waals surface area contributed by atoms with E-state index in [0.29, 0.717) is 27.8 Å². The summed E-state index contributed by atoms with van der Waals surface area (Å²) in [5, 5.41) is 9.93. The highest BCUT2D eigenvalue weighted by molar-refractivity contribution is 9.10. The number of nitrogens with zero attached hydrogens (tertiary/aromatic N) is 2. The Balaban J connectivity index is 1.52. The average molecular weight is 457 g/mol. The smallest absolute Gasteiger partial charge is 0.256 e. The molecule has 1 atom stereocenters. The minimum atomic E-state index is -0.334. The van der Waals surface area contributed by atoms with Gasteiger partial charge in [0.1, 0.15) is 5.82 Å². The molecule has 0 spiro atoms. The molecule has 0 bridgehead atoms. The molecule has 148 valence electrons. The first-order valence-corrected chi connectivity index (χ1v) is 9.98. The fraction of sp³-hybridized carbons (Fsp3) is 0.190. The Morgan fingerprint density at radius 1 is 1.31 bits per heavy atom. The molecule has 0 radical (unpaired) electrons. The number of rotatable bonds is 5. The molecule has 8 heteroatoms. The third-order valence-corrected chi connectivity index (χ3v) is 5.49. The molecule has 2 N–H and O–H groups in total. The summed E-state index contributed by atoms with van der Waals surface area (Å²) >= 11 is 3.38. The first kappa shape index (κ1) is 19.3. The van der Waals surface area contributed by atoms with Crippen LogP contribution in [0.2, 0.25) is 0 Å². The van der Waals surface area contributed by atoms with Crippen LogP contribution in [0.4, 0.5) is 15.9 Å². The van der Waals surface area contributed by atoms with Gasteiger partial charge in [-0.05, 0) is 52.2 Å². The zero-order valence-electron chi connectivity index (χ0n) is 15.6. The van der Waals surface area contributed by atoms with Crippen molar-refractivity contribution in [1.29, 1.82) is 0 Å².